The molecular weight excluding hydrogens is 383 g/mol. The van der Waals surface area contributed by atoms with Crippen LogP contribution in [0, 0.1) is 3.57 Å². The molecule has 2 rings (SSSR count). The first kappa shape index (κ1) is 15.7. The number of aldehydes is 1. The van der Waals surface area contributed by atoms with Crippen molar-refractivity contribution in [1.82, 2.24) is 9.78 Å². The first-order valence-corrected chi connectivity index (χ1v) is 11.4. The summed E-state index contributed by atoms with van der Waals surface area (Å²) in [6.07, 6.45) is 0.799. The summed E-state index contributed by atoms with van der Waals surface area (Å²) in [5, 5.41) is 5.20. The van der Waals surface area contributed by atoms with Crippen LogP contribution in [-0.4, -0.2) is 30.7 Å². The molecule has 0 radical (unpaired) electrons. The Morgan fingerprint density at radius 2 is 2.15 bits per heavy atom. The summed E-state index contributed by atoms with van der Waals surface area (Å²) >= 11 is 2.26. The van der Waals surface area contributed by atoms with E-state index in [1.807, 2.05) is 18.2 Å². The van der Waals surface area contributed by atoms with Crippen molar-refractivity contribution in [1.29, 1.82) is 0 Å². The first-order chi connectivity index (χ1) is 9.40. The highest BCUT2D eigenvalue weighted by Crippen LogP contribution is 2.20. The number of carbonyl (C=O) groups is 1. The highest BCUT2D eigenvalue weighted by atomic mass is 127. The number of hydrogen-bond acceptors (Lipinski definition) is 3. The van der Waals surface area contributed by atoms with E-state index in [0.717, 1.165) is 33.4 Å². The van der Waals surface area contributed by atoms with Gasteiger partial charge in [-0.25, -0.2) is 4.68 Å². The first-order valence-electron chi connectivity index (χ1n) is 6.60. The average molecular weight is 402 g/mol. The van der Waals surface area contributed by atoms with E-state index in [1.54, 1.807) is 4.68 Å². The van der Waals surface area contributed by atoms with Crippen LogP contribution in [-0.2, 0) is 11.5 Å². The molecule has 0 unspecified atom stereocenters. The van der Waals surface area contributed by atoms with E-state index in [0.29, 0.717) is 12.4 Å². The van der Waals surface area contributed by atoms with Crippen molar-refractivity contribution < 1.29 is 9.53 Å². The Labute approximate surface area is 133 Å². The van der Waals surface area contributed by atoms with Gasteiger partial charge in [0.15, 0.2) is 6.29 Å². The Kier molecular flexibility index (Phi) is 4.98. The molecule has 0 aliphatic carbocycles. The Bertz CT molecular complexity index is 619. The molecule has 4 nitrogen and oxygen atoms in total. The van der Waals surface area contributed by atoms with Crippen LogP contribution in [0.4, 0.5) is 0 Å². The number of carbonyl (C=O) groups excluding carboxylic acids is 1. The minimum Gasteiger partial charge on any atom is -0.360 e. The van der Waals surface area contributed by atoms with Crippen molar-refractivity contribution in [3.05, 3.63) is 27.5 Å². The summed E-state index contributed by atoms with van der Waals surface area (Å²) in [4.78, 5) is 11.1. The Hall–Kier alpha value is -0.733. The molecule has 0 bridgehead atoms. The lowest BCUT2D eigenvalue weighted by atomic mass is 10.2. The normalized spacial score (nSPS) is 12.0. The molecule has 0 atom stereocenters. The van der Waals surface area contributed by atoms with Crippen molar-refractivity contribution in [2.24, 2.45) is 0 Å². The number of aromatic nitrogens is 2. The van der Waals surface area contributed by atoms with Gasteiger partial charge in [0, 0.05) is 23.6 Å². The molecule has 0 spiro atoms. The highest BCUT2D eigenvalue weighted by Gasteiger charge is 2.13. The number of hydrogen-bond donors (Lipinski definition) is 0. The van der Waals surface area contributed by atoms with Gasteiger partial charge in [0.25, 0.3) is 0 Å². The van der Waals surface area contributed by atoms with Gasteiger partial charge in [0.1, 0.15) is 12.4 Å². The van der Waals surface area contributed by atoms with Gasteiger partial charge in [0.05, 0.1) is 5.52 Å². The monoisotopic (exact) mass is 402 g/mol. The molecule has 6 heteroatoms. The maximum Gasteiger partial charge on any atom is 0.170 e. The van der Waals surface area contributed by atoms with Gasteiger partial charge < -0.3 is 4.74 Å². The summed E-state index contributed by atoms with van der Waals surface area (Å²) in [5.41, 5.74) is 1.43. The van der Waals surface area contributed by atoms with Crippen LogP contribution in [0.25, 0.3) is 10.9 Å². The SMILES string of the molecule is C[Si](C)(C)CCOCn1nc(C=O)c2ccc(I)cc21. The van der Waals surface area contributed by atoms with Crippen LogP contribution in [0.1, 0.15) is 10.5 Å². The van der Waals surface area contributed by atoms with E-state index in [1.165, 1.54) is 0 Å². The fourth-order valence-electron chi connectivity index (χ4n) is 1.89. The van der Waals surface area contributed by atoms with Crippen LogP contribution in [0.2, 0.25) is 25.7 Å². The number of ether oxygens (including phenoxy) is 1. The van der Waals surface area contributed by atoms with Gasteiger partial charge in [-0.2, -0.15) is 5.10 Å². The van der Waals surface area contributed by atoms with E-state index in [4.69, 9.17) is 4.74 Å². The zero-order valence-corrected chi connectivity index (χ0v) is 15.2. The Morgan fingerprint density at radius 3 is 2.80 bits per heavy atom. The highest BCUT2D eigenvalue weighted by molar-refractivity contribution is 14.1. The van der Waals surface area contributed by atoms with Crippen LogP contribution in [0.3, 0.4) is 0 Å². The number of rotatable bonds is 6. The van der Waals surface area contributed by atoms with Crippen molar-refractivity contribution in [3.8, 4) is 0 Å². The summed E-state index contributed by atoms with van der Waals surface area (Å²) in [6, 6.07) is 7.07. The number of nitrogens with zero attached hydrogens (tertiary/aromatic N) is 2. The lowest BCUT2D eigenvalue weighted by molar-refractivity contribution is 0.0812. The molecule has 0 N–H and O–H groups in total. The van der Waals surface area contributed by atoms with Gasteiger partial charge in [0.2, 0.25) is 0 Å². The van der Waals surface area contributed by atoms with E-state index in [2.05, 4.69) is 47.3 Å². The minimum absolute atomic E-state index is 0.398. The van der Waals surface area contributed by atoms with Crippen molar-refractivity contribution in [2.75, 3.05) is 6.61 Å². The third-order valence-corrected chi connectivity index (χ3v) is 5.44. The zero-order valence-electron chi connectivity index (χ0n) is 12.0. The molecule has 0 saturated carbocycles. The molecular formula is C14H19IN2O2Si. The second-order valence-corrected chi connectivity index (χ2v) is 12.9. The van der Waals surface area contributed by atoms with E-state index in [-0.39, 0.29) is 0 Å². The molecule has 0 saturated heterocycles. The molecule has 0 amide bonds. The molecule has 2 aromatic rings. The molecule has 1 heterocycles. The zero-order chi connectivity index (χ0) is 14.8. The fraction of sp³-hybridized carbons (Fsp3) is 0.429. The average Bonchev–Trinajstić information content (AvgIpc) is 2.71. The fourth-order valence-corrected chi connectivity index (χ4v) is 3.12. The second-order valence-electron chi connectivity index (χ2n) is 6.01. The number of benzene rings is 1. The standard InChI is InChI=1S/C14H19IN2O2Si/c1-20(2,3)7-6-19-10-17-14-8-11(15)4-5-12(14)13(9-18)16-17/h4-5,8-9H,6-7,10H2,1-3H3. The molecule has 0 aliphatic heterocycles. The van der Waals surface area contributed by atoms with Gasteiger partial charge in [-0.15, -0.1) is 0 Å². The third-order valence-electron chi connectivity index (χ3n) is 3.06. The van der Waals surface area contributed by atoms with Crippen molar-refractivity contribution in [2.45, 2.75) is 32.4 Å². The predicted octanol–water partition coefficient (Wildman–Crippen LogP) is 3.77. The Balaban J connectivity index is 2.13. The van der Waals surface area contributed by atoms with Crippen LogP contribution in [0.5, 0.6) is 0 Å². The van der Waals surface area contributed by atoms with Crippen molar-refractivity contribution in [3.63, 3.8) is 0 Å². The van der Waals surface area contributed by atoms with Gasteiger partial charge in [-0.05, 0) is 46.8 Å². The largest absolute Gasteiger partial charge is 0.360 e. The van der Waals surface area contributed by atoms with E-state index < -0.39 is 8.07 Å². The lowest BCUT2D eigenvalue weighted by Crippen LogP contribution is -2.22. The molecule has 1 aromatic carbocycles. The quantitative estimate of drug-likeness (QED) is 0.320. The molecule has 0 fully saturated rings. The van der Waals surface area contributed by atoms with E-state index >= 15 is 0 Å². The van der Waals surface area contributed by atoms with E-state index in [9.17, 15) is 4.79 Å². The Morgan fingerprint density at radius 1 is 1.40 bits per heavy atom. The smallest absolute Gasteiger partial charge is 0.170 e. The molecule has 20 heavy (non-hydrogen) atoms. The predicted molar refractivity (Wildman–Crippen MR) is 91.9 cm³/mol. The third kappa shape index (κ3) is 3.89. The number of halogens is 1. The summed E-state index contributed by atoms with van der Waals surface area (Å²) < 4.78 is 8.61. The minimum atomic E-state index is -1.07. The number of fused-ring (bicyclic) bond motifs is 1. The lowest BCUT2D eigenvalue weighted by Gasteiger charge is -2.15. The molecule has 1 aromatic heterocycles. The summed E-state index contributed by atoms with van der Waals surface area (Å²) in [6.45, 7) is 8.12. The van der Waals surface area contributed by atoms with Crippen LogP contribution >= 0.6 is 22.6 Å². The van der Waals surface area contributed by atoms with Gasteiger partial charge in [-0.3, -0.25) is 4.79 Å². The van der Waals surface area contributed by atoms with Gasteiger partial charge >= 0.3 is 0 Å². The van der Waals surface area contributed by atoms with Crippen LogP contribution in [0.15, 0.2) is 18.2 Å². The maximum absolute atomic E-state index is 11.1. The summed E-state index contributed by atoms with van der Waals surface area (Å²) in [7, 11) is -1.07. The maximum atomic E-state index is 11.1. The molecule has 108 valence electrons. The van der Waals surface area contributed by atoms with Gasteiger partial charge in [-0.1, -0.05) is 19.6 Å². The second kappa shape index (κ2) is 6.36. The van der Waals surface area contributed by atoms with Crippen molar-refractivity contribution >= 4 is 47.9 Å². The topological polar surface area (TPSA) is 44.1 Å². The summed E-state index contributed by atoms with van der Waals surface area (Å²) in [5.74, 6) is 0. The van der Waals surface area contributed by atoms with Crippen LogP contribution < -0.4 is 0 Å². The molecule has 0 aliphatic rings.